The van der Waals surface area contributed by atoms with Crippen LogP contribution in [0, 0.1) is 11.8 Å². The molecule has 3 N–H and O–H groups in total. The number of carbonyl (C=O) groups is 1. The molecule has 0 heterocycles. The molecule has 3 heteroatoms. The van der Waals surface area contributed by atoms with Crippen LogP contribution >= 0.6 is 0 Å². The first-order chi connectivity index (χ1) is 9.72. The predicted molar refractivity (Wildman–Crippen MR) is 80.1 cm³/mol. The zero-order valence-electron chi connectivity index (χ0n) is 11.9. The minimum Gasteiger partial charge on any atom is -0.352 e. The second kappa shape index (κ2) is 5.96. The predicted octanol–water partition coefficient (Wildman–Crippen LogP) is 2.25. The number of benzene rings is 1. The van der Waals surface area contributed by atoms with Gasteiger partial charge in [-0.05, 0) is 49.5 Å². The first-order valence-corrected chi connectivity index (χ1v) is 7.82. The maximum Gasteiger partial charge on any atom is 0.237 e. The van der Waals surface area contributed by atoms with E-state index < -0.39 is 0 Å². The van der Waals surface area contributed by atoms with E-state index >= 15 is 0 Å². The van der Waals surface area contributed by atoms with Crippen LogP contribution in [0.3, 0.4) is 0 Å². The lowest BCUT2D eigenvalue weighted by Gasteiger charge is -2.24. The van der Waals surface area contributed by atoms with Crippen molar-refractivity contribution in [3.8, 4) is 0 Å². The molecule has 1 aromatic carbocycles. The first kappa shape index (κ1) is 13.6. The number of hydrogen-bond donors (Lipinski definition) is 2. The van der Waals surface area contributed by atoms with Gasteiger partial charge < -0.3 is 11.1 Å². The molecule has 1 aromatic rings. The number of nitrogens with two attached hydrogens (primary N) is 1. The number of carbonyl (C=O) groups excluding carboxylic acids is 1. The molecule has 3 nitrogen and oxygen atoms in total. The number of hydrogen-bond acceptors (Lipinski definition) is 2. The molecular formula is C17H24N2O. The second-order valence-electron chi connectivity index (χ2n) is 6.42. The molecule has 3 rings (SSSR count). The van der Waals surface area contributed by atoms with Gasteiger partial charge in [-0.2, -0.15) is 0 Å². The Bertz CT molecular complexity index is 459. The quantitative estimate of drug-likeness (QED) is 0.864. The van der Waals surface area contributed by atoms with Gasteiger partial charge in [0.1, 0.15) is 0 Å². The van der Waals surface area contributed by atoms with Gasteiger partial charge in [0, 0.05) is 6.04 Å². The number of amides is 1. The maximum atomic E-state index is 12.2. The Labute approximate surface area is 120 Å². The van der Waals surface area contributed by atoms with Crippen molar-refractivity contribution < 1.29 is 4.79 Å². The van der Waals surface area contributed by atoms with E-state index in [9.17, 15) is 4.79 Å². The first-order valence-electron chi connectivity index (χ1n) is 7.82. The van der Waals surface area contributed by atoms with E-state index in [1.54, 1.807) is 0 Å². The lowest BCUT2D eigenvalue weighted by Crippen LogP contribution is -2.47. The molecule has 0 saturated heterocycles. The number of fused-ring (bicyclic) bond motifs is 2. The zero-order valence-corrected chi connectivity index (χ0v) is 11.9. The van der Waals surface area contributed by atoms with Crippen molar-refractivity contribution in [1.82, 2.24) is 5.32 Å². The summed E-state index contributed by atoms with van der Waals surface area (Å²) < 4.78 is 0. The third-order valence-corrected chi connectivity index (χ3v) is 4.99. The maximum absolute atomic E-state index is 12.2. The van der Waals surface area contributed by atoms with E-state index in [1.807, 2.05) is 18.2 Å². The summed E-state index contributed by atoms with van der Waals surface area (Å²) in [6, 6.07) is 10.2. The van der Waals surface area contributed by atoms with Crippen LogP contribution in [0.1, 0.15) is 37.7 Å². The highest BCUT2D eigenvalue weighted by atomic mass is 16.2. The summed E-state index contributed by atoms with van der Waals surface area (Å²) in [5.41, 5.74) is 7.28. The molecule has 0 spiro atoms. The highest BCUT2D eigenvalue weighted by Crippen LogP contribution is 2.44. The van der Waals surface area contributed by atoms with E-state index in [0.717, 1.165) is 18.8 Å². The molecular weight excluding hydrogens is 248 g/mol. The fourth-order valence-corrected chi connectivity index (χ4v) is 3.81. The Hall–Kier alpha value is -1.35. The topological polar surface area (TPSA) is 55.1 Å². The molecule has 2 fully saturated rings. The third kappa shape index (κ3) is 3.04. The second-order valence-corrected chi connectivity index (χ2v) is 6.42. The highest BCUT2D eigenvalue weighted by Gasteiger charge is 2.40. The Balaban J connectivity index is 1.45. The van der Waals surface area contributed by atoms with Crippen molar-refractivity contribution in [3.05, 3.63) is 35.9 Å². The number of aryl methyl sites for hydroxylation is 1. The summed E-state index contributed by atoms with van der Waals surface area (Å²) in [6.45, 7) is 0. The van der Waals surface area contributed by atoms with Crippen molar-refractivity contribution >= 4 is 5.91 Å². The van der Waals surface area contributed by atoms with Crippen molar-refractivity contribution in [2.24, 2.45) is 17.6 Å². The highest BCUT2D eigenvalue weighted by molar-refractivity contribution is 5.81. The summed E-state index contributed by atoms with van der Waals surface area (Å²) in [4.78, 5) is 12.2. The molecule has 3 unspecified atom stereocenters. The molecule has 4 atom stereocenters. The van der Waals surface area contributed by atoms with Gasteiger partial charge in [-0.25, -0.2) is 0 Å². The Morgan fingerprint density at radius 2 is 2.05 bits per heavy atom. The molecule has 0 radical (unpaired) electrons. The molecule has 0 aliphatic heterocycles. The summed E-state index contributed by atoms with van der Waals surface area (Å²) >= 11 is 0. The van der Waals surface area contributed by atoms with Crippen molar-refractivity contribution in [2.75, 3.05) is 0 Å². The van der Waals surface area contributed by atoms with Gasteiger partial charge in [-0.1, -0.05) is 36.8 Å². The molecule has 108 valence electrons. The third-order valence-electron chi connectivity index (χ3n) is 4.99. The SMILES string of the molecule is N[C@@H](CCc1ccccc1)C(=O)NC1CC2CCC1C2. The molecule has 1 amide bonds. The molecule has 2 aliphatic carbocycles. The summed E-state index contributed by atoms with van der Waals surface area (Å²) in [7, 11) is 0. The number of rotatable bonds is 5. The zero-order chi connectivity index (χ0) is 13.9. The van der Waals surface area contributed by atoms with Crippen LogP contribution in [0.4, 0.5) is 0 Å². The van der Waals surface area contributed by atoms with Crippen molar-refractivity contribution in [1.29, 1.82) is 0 Å². The van der Waals surface area contributed by atoms with Crippen LogP contribution in [0.2, 0.25) is 0 Å². The van der Waals surface area contributed by atoms with Gasteiger partial charge in [0.15, 0.2) is 0 Å². The molecule has 2 bridgehead atoms. The summed E-state index contributed by atoms with van der Waals surface area (Å²) in [6.07, 6.45) is 6.71. The fourth-order valence-electron chi connectivity index (χ4n) is 3.81. The van der Waals surface area contributed by atoms with Gasteiger partial charge in [-0.15, -0.1) is 0 Å². The molecule has 2 saturated carbocycles. The lowest BCUT2D eigenvalue weighted by molar-refractivity contribution is -0.123. The van der Waals surface area contributed by atoms with Gasteiger partial charge in [0.05, 0.1) is 6.04 Å². The van der Waals surface area contributed by atoms with E-state index in [4.69, 9.17) is 5.73 Å². The lowest BCUT2D eigenvalue weighted by atomic mass is 9.95. The van der Waals surface area contributed by atoms with Crippen LogP contribution in [-0.2, 0) is 11.2 Å². The minimum absolute atomic E-state index is 0.0403. The van der Waals surface area contributed by atoms with Crippen LogP contribution in [0.15, 0.2) is 30.3 Å². The van der Waals surface area contributed by atoms with Crippen molar-refractivity contribution in [3.63, 3.8) is 0 Å². The van der Waals surface area contributed by atoms with Gasteiger partial charge in [-0.3, -0.25) is 4.79 Å². The van der Waals surface area contributed by atoms with Gasteiger partial charge in [0.25, 0.3) is 0 Å². The van der Waals surface area contributed by atoms with Gasteiger partial charge >= 0.3 is 0 Å². The Kier molecular flexibility index (Phi) is 4.06. The average Bonchev–Trinajstić information content (AvgIpc) is 3.08. The van der Waals surface area contributed by atoms with E-state index in [-0.39, 0.29) is 11.9 Å². The van der Waals surface area contributed by atoms with Crippen LogP contribution in [-0.4, -0.2) is 18.0 Å². The van der Waals surface area contributed by atoms with Crippen LogP contribution in [0.25, 0.3) is 0 Å². The summed E-state index contributed by atoms with van der Waals surface area (Å²) in [5, 5.41) is 3.18. The monoisotopic (exact) mass is 272 g/mol. The fraction of sp³-hybridized carbons (Fsp3) is 0.588. The van der Waals surface area contributed by atoms with Crippen LogP contribution in [0.5, 0.6) is 0 Å². The Morgan fingerprint density at radius 1 is 1.25 bits per heavy atom. The Morgan fingerprint density at radius 3 is 2.70 bits per heavy atom. The van der Waals surface area contributed by atoms with Crippen molar-refractivity contribution in [2.45, 2.75) is 50.6 Å². The van der Waals surface area contributed by atoms with E-state index in [2.05, 4.69) is 17.4 Å². The molecule has 2 aliphatic rings. The summed E-state index contributed by atoms with van der Waals surface area (Å²) in [5.74, 6) is 1.61. The minimum atomic E-state index is -0.380. The molecule has 20 heavy (non-hydrogen) atoms. The van der Waals surface area contributed by atoms with E-state index in [0.29, 0.717) is 12.0 Å². The average molecular weight is 272 g/mol. The number of nitrogens with one attached hydrogen (secondary N) is 1. The van der Waals surface area contributed by atoms with Crippen LogP contribution < -0.4 is 11.1 Å². The van der Waals surface area contributed by atoms with Gasteiger partial charge in [0.2, 0.25) is 5.91 Å². The molecule has 0 aromatic heterocycles. The van der Waals surface area contributed by atoms with E-state index in [1.165, 1.54) is 31.2 Å². The smallest absolute Gasteiger partial charge is 0.237 e. The largest absolute Gasteiger partial charge is 0.352 e. The standard InChI is InChI=1S/C17H24N2O/c18-15(9-7-12-4-2-1-3-5-12)17(20)19-16-11-13-6-8-14(16)10-13/h1-5,13-16H,6-11,18H2,(H,19,20)/t13?,14?,15-,16?/m0/s1. The normalized spacial score (nSPS) is 29.4.